The van der Waals surface area contributed by atoms with Gasteiger partial charge in [0.1, 0.15) is 23.8 Å². The number of hydrogen-bond acceptors (Lipinski definition) is 4. The van der Waals surface area contributed by atoms with Crippen molar-refractivity contribution in [1.82, 2.24) is 0 Å². The van der Waals surface area contributed by atoms with E-state index in [4.69, 9.17) is 9.84 Å². The van der Waals surface area contributed by atoms with Gasteiger partial charge in [-0.1, -0.05) is 0 Å². The number of hydrogen-bond donors (Lipinski definition) is 3. The molecule has 0 spiro atoms. The van der Waals surface area contributed by atoms with Crippen LogP contribution in [0.1, 0.15) is 18.6 Å². The molecule has 0 aromatic heterocycles. The van der Waals surface area contributed by atoms with Crippen LogP contribution in [0.2, 0.25) is 0 Å². The van der Waals surface area contributed by atoms with Gasteiger partial charge in [0.25, 0.3) is 0 Å². The molecule has 1 aromatic carbocycles. The number of rotatable bonds is 5. The molecule has 0 amide bonds. The minimum Gasteiger partial charge on any atom is -0.494 e. The summed E-state index contributed by atoms with van der Waals surface area (Å²) in [6, 6.07) is 3.70. The van der Waals surface area contributed by atoms with Crippen LogP contribution in [0.4, 0.5) is 4.39 Å². The number of aliphatic hydroxyl groups is 3. The van der Waals surface area contributed by atoms with Crippen LogP contribution < -0.4 is 4.74 Å². The molecular formula is C11H15FO4. The Morgan fingerprint density at radius 1 is 1.31 bits per heavy atom. The zero-order chi connectivity index (χ0) is 12.1. The Labute approximate surface area is 92.9 Å². The van der Waals surface area contributed by atoms with Crippen molar-refractivity contribution in [3.8, 4) is 5.75 Å². The highest BCUT2D eigenvalue weighted by Crippen LogP contribution is 2.23. The maximum Gasteiger partial charge on any atom is 0.127 e. The van der Waals surface area contributed by atoms with Gasteiger partial charge in [-0.3, -0.25) is 0 Å². The summed E-state index contributed by atoms with van der Waals surface area (Å²) in [7, 11) is 0. The molecule has 2 atom stereocenters. The molecule has 3 N–H and O–H groups in total. The standard InChI is InChI=1S/C11H15FO4/c1-2-16-9-4-7(3-8(12)5-9)11(15)10(14)6-13/h3-5,10-11,13-15H,2,6H2,1H3. The van der Waals surface area contributed by atoms with E-state index in [1.165, 1.54) is 12.1 Å². The monoisotopic (exact) mass is 230 g/mol. The summed E-state index contributed by atoms with van der Waals surface area (Å²) < 4.78 is 18.2. The Balaban J connectivity index is 2.94. The Morgan fingerprint density at radius 3 is 2.56 bits per heavy atom. The van der Waals surface area contributed by atoms with E-state index < -0.39 is 24.6 Å². The fourth-order valence-corrected chi connectivity index (χ4v) is 1.33. The first-order chi connectivity index (χ1) is 7.58. The summed E-state index contributed by atoms with van der Waals surface area (Å²) in [5.74, 6) is -0.285. The van der Waals surface area contributed by atoms with Gasteiger partial charge in [0.2, 0.25) is 0 Å². The molecule has 5 heteroatoms. The molecule has 0 bridgehead atoms. The lowest BCUT2D eigenvalue weighted by Gasteiger charge is -2.16. The van der Waals surface area contributed by atoms with E-state index in [2.05, 4.69) is 0 Å². The van der Waals surface area contributed by atoms with Crippen molar-refractivity contribution in [2.75, 3.05) is 13.2 Å². The van der Waals surface area contributed by atoms with Gasteiger partial charge < -0.3 is 20.1 Å². The zero-order valence-corrected chi connectivity index (χ0v) is 8.93. The third kappa shape index (κ3) is 3.16. The quantitative estimate of drug-likeness (QED) is 0.693. The maximum atomic E-state index is 13.1. The Kier molecular flexibility index (Phi) is 4.67. The molecule has 0 aliphatic rings. The largest absolute Gasteiger partial charge is 0.494 e. The summed E-state index contributed by atoms with van der Waals surface area (Å²) >= 11 is 0. The van der Waals surface area contributed by atoms with Crippen LogP contribution in [0.25, 0.3) is 0 Å². The van der Waals surface area contributed by atoms with Gasteiger partial charge in [0, 0.05) is 6.07 Å². The van der Waals surface area contributed by atoms with Gasteiger partial charge in [-0.2, -0.15) is 0 Å². The maximum absolute atomic E-state index is 13.1. The highest BCUT2D eigenvalue weighted by molar-refractivity contribution is 5.31. The third-order valence-corrected chi connectivity index (χ3v) is 2.10. The predicted molar refractivity (Wildman–Crippen MR) is 55.6 cm³/mol. The van der Waals surface area contributed by atoms with E-state index in [0.717, 1.165) is 6.07 Å². The summed E-state index contributed by atoms with van der Waals surface area (Å²) in [5.41, 5.74) is 0.171. The predicted octanol–water partition coefficient (Wildman–Crippen LogP) is 0.611. The van der Waals surface area contributed by atoms with E-state index in [0.29, 0.717) is 6.61 Å². The van der Waals surface area contributed by atoms with Crippen LogP contribution in [-0.4, -0.2) is 34.6 Å². The second kappa shape index (κ2) is 5.79. The van der Waals surface area contributed by atoms with Crippen molar-refractivity contribution in [2.45, 2.75) is 19.1 Å². The molecule has 0 radical (unpaired) electrons. The number of ether oxygens (including phenoxy) is 1. The lowest BCUT2D eigenvalue weighted by molar-refractivity contribution is -0.0154. The molecular weight excluding hydrogens is 215 g/mol. The van der Waals surface area contributed by atoms with Crippen molar-refractivity contribution in [2.24, 2.45) is 0 Å². The second-order valence-corrected chi connectivity index (χ2v) is 3.35. The van der Waals surface area contributed by atoms with Gasteiger partial charge in [0.05, 0.1) is 13.2 Å². The van der Waals surface area contributed by atoms with Crippen LogP contribution in [0.3, 0.4) is 0 Å². The van der Waals surface area contributed by atoms with Crippen molar-refractivity contribution in [3.63, 3.8) is 0 Å². The number of benzene rings is 1. The van der Waals surface area contributed by atoms with Crippen LogP contribution in [0, 0.1) is 5.82 Å². The molecule has 2 unspecified atom stereocenters. The van der Waals surface area contributed by atoms with Crippen molar-refractivity contribution in [1.29, 1.82) is 0 Å². The third-order valence-electron chi connectivity index (χ3n) is 2.10. The minimum atomic E-state index is -1.34. The summed E-state index contributed by atoms with van der Waals surface area (Å²) in [4.78, 5) is 0. The zero-order valence-electron chi connectivity index (χ0n) is 8.93. The molecule has 4 nitrogen and oxygen atoms in total. The van der Waals surface area contributed by atoms with Crippen LogP contribution in [0.5, 0.6) is 5.75 Å². The summed E-state index contributed by atoms with van der Waals surface area (Å²) in [5, 5.41) is 27.5. The minimum absolute atomic E-state index is 0.171. The number of aliphatic hydroxyl groups excluding tert-OH is 3. The van der Waals surface area contributed by atoms with Crippen molar-refractivity contribution < 1.29 is 24.4 Å². The first kappa shape index (κ1) is 12.9. The van der Waals surface area contributed by atoms with Gasteiger partial charge >= 0.3 is 0 Å². The van der Waals surface area contributed by atoms with Gasteiger partial charge in [-0.25, -0.2) is 4.39 Å². The van der Waals surface area contributed by atoms with Gasteiger partial charge in [0.15, 0.2) is 0 Å². The molecule has 0 saturated carbocycles. The average Bonchev–Trinajstić information content (AvgIpc) is 2.26. The Bertz CT molecular complexity index is 343. The van der Waals surface area contributed by atoms with Crippen LogP contribution in [0.15, 0.2) is 18.2 Å². The molecule has 0 fully saturated rings. The fraction of sp³-hybridized carbons (Fsp3) is 0.455. The topological polar surface area (TPSA) is 69.9 Å². The molecule has 0 aliphatic heterocycles. The Morgan fingerprint density at radius 2 is 2.00 bits per heavy atom. The second-order valence-electron chi connectivity index (χ2n) is 3.35. The van der Waals surface area contributed by atoms with E-state index in [1.54, 1.807) is 6.92 Å². The molecule has 0 heterocycles. The molecule has 0 saturated heterocycles. The van der Waals surface area contributed by atoms with Crippen LogP contribution >= 0.6 is 0 Å². The molecule has 16 heavy (non-hydrogen) atoms. The van der Waals surface area contributed by atoms with E-state index in [9.17, 15) is 14.6 Å². The van der Waals surface area contributed by atoms with Gasteiger partial charge in [-0.15, -0.1) is 0 Å². The SMILES string of the molecule is CCOc1cc(F)cc(C(O)C(O)CO)c1. The molecule has 90 valence electrons. The van der Waals surface area contributed by atoms with Crippen molar-refractivity contribution >= 4 is 0 Å². The van der Waals surface area contributed by atoms with Crippen LogP contribution in [-0.2, 0) is 0 Å². The molecule has 1 rings (SSSR count). The van der Waals surface area contributed by atoms with Gasteiger partial charge in [-0.05, 0) is 24.6 Å². The first-order valence-corrected chi connectivity index (χ1v) is 4.98. The smallest absolute Gasteiger partial charge is 0.127 e. The lowest BCUT2D eigenvalue weighted by atomic mass is 10.0. The highest BCUT2D eigenvalue weighted by Gasteiger charge is 2.18. The first-order valence-electron chi connectivity index (χ1n) is 4.98. The number of halogens is 1. The fourth-order valence-electron chi connectivity index (χ4n) is 1.33. The van der Waals surface area contributed by atoms with E-state index >= 15 is 0 Å². The Hall–Kier alpha value is -1.17. The van der Waals surface area contributed by atoms with E-state index in [1.807, 2.05) is 0 Å². The molecule has 1 aromatic rings. The van der Waals surface area contributed by atoms with E-state index in [-0.39, 0.29) is 11.3 Å². The summed E-state index contributed by atoms with van der Waals surface area (Å²) in [6.07, 6.45) is -2.67. The molecule has 0 aliphatic carbocycles. The normalized spacial score (nSPS) is 14.6. The lowest BCUT2D eigenvalue weighted by Crippen LogP contribution is -2.22. The van der Waals surface area contributed by atoms with Crippen molar-refractivity contribution in [3.05, 3.63) is 29.6 Å². The summed E-state index contributed by atoms with van der Waals surface area (Å²) in [6.45, 7) is 1.53. The average molecular weight is 230 g/mol. The highest BCUT2D eigenvalue weighted by atomic mass is 19.1.